The van der Waals surface area contributed by atoms with Gasteiger partial charge in [0, 0.05) is 18.3 Å². The van der Waals surface area contributed by atoms with E-state index in [0.29, 0.717) is 33.9 Å². The van der Waals surface area contributed by atoms with Gasteiger partial charge in [-0.05, 0) is 54.8 Å². The van der Waals surface area contributed by atoms with E-state index in [0.717, 1.165) is 11.3 Å². The van der Waals surface area contributed by atoms with Gasteiger partial charge in [-0.15, -0.1) is 0 Å². The molecular weight excluding hydrogens is 469 g/mol. The molecule has 0 saturated carbocycles. The topological polar surface area (TPSA) is 70.2 Å². The number of rotatable bonds is 6. The van der Waals surface area contributed by atoms with Crippen LogP contribution in [0.15, 0.2) is 79.1 Å². The summed E-state index contributed by atoms with van der Waals surface area (Å²) in [6.07, 6.45) is 1.42. The maximum Gasteiger partial charge on any atom is 0.324 e. The second-order valence-corrected chi connectivity index (χ2v) is 8.59. The van der Waals surface area contributed by atoms with Crippen molar-refractivity contribution in [3.63, 3.8) is 0 Å². The lowest BCUT2D eigenvalue weighted by Gasteiger charge is -2.25. The summed E-state index contributed by atoms with van der Waals surface area (Å²) in [5.41, 5.74) is 4.84. The number of para-hydroxylation sites is 1. The van der Waals surface area contributed by atoms with Crippen LogP contribution in [0.1, 0.15) is 16.7 Å². The molecule has 0 atom stereocenters. The van der Waals surface area contributed by atoms with Crippen LogP contribution in [-0.2, 0) is 6.54 Å². The quantitative estimate of drug-likeness (QED) is 0.295. The Balaban J connectivity index is 1.61. The first-order chi connectivity index (χ1) is 16.4. The minimum atomic E-state index is -0.513. The number of benzene rings is 3. The van der Waals surface area contributed by atoms with Crippen molar-refractivity contribution in [3.05, 3.63) is 106 Å². The molecule has 0 bridgehead atoms. The maximum absolute atomic E-state index is 12.6. The molecule has 2 amide bonds. The van der Waals surface area contributed by atoms with Crippen LogP contribution >= 0.6 is 23.2 Å². The monoisotopic (exact) mass is 491 g/mol. The Hall–Kier alpha value is -3.61. The van der Waals surface area contributed by atoms with Crippen molar-refractivity contribution in [2.75, 3.05) is 15.5 Å². The number of nitrogens with zero attached hydrogens (tertiary/aromatic N) is 3. The highest BCUT2D eigenvalue weighted by Gasteiger charge is 2.15. The number of aryl methyl sites for hydroxylation is 2. The second kappa shape index (κ2) is 10.5. The molecule has 0 fully saturated rings. The summed E-state index contributed by atoms with van der Waals surface area (Å²) in [6.45, 7) is 4.76. The molecule has 0 aliphatic heterocycles. The number of amides is 2. The number of anilines is 4. The standard InChI is InChI=1S/C26H23Cl2N5O/c1-17-11-12-20(13-18(17)2)33(15-19-7-4-3-5-8-19)24-14-23(29-16-30-24)31-26(34)32-25-21(27)9-6-10-22(25)28/h3-14,16H,15H2,1-2H3,(H2,29,30,31,32,34). The van der Waals surface area contributed by atoms with Crippen molar-refractivity contribution in [1.82, 2.24) is 9.97 Å². The molecule has 2 N–H and O–H groups in total. The number of hydrogen-bond donors (Lipinski definition) is 2. The van der Waals surface area contributed by atoms with Gasteiger partial charge in [0.15, 0.2) is 0 Å². The number of nitrogens with one attached hydrogen (secondary N) is 2. The van der Waals surface area contributed by atoms with Crippen LogP contribution in [0.3, 0.4) is 0 Å². The number of urea groups is 1. The number of carbonyl (C=O) groups excluding carboxylic acids is 1. The number of aromatic nitrogens is 2. The molecule has 8 heteroatoms. The van der Waals surface area contributed by atoms with E-state index in [1.807, 2.05) is 18.2 Å². The number of hydrogen-bond acceptors (Lipinski definition) is 4. The van der Waals surface area contributed by atoms with E-state index in [-0.39, 0.29) is 0 Å². The molecule has 0 aliphatic rings. The summed E-state index contributed by atoms with van der Waals surface area (Å²) in [7, 11) is 0. The molecule has 6 nitrogen and oxygen atoms in total. The smallest absolute Gasteiger partial charge is 0.322 e. The van der Waals surface area contributed by atoms with Crippen LogP contribution in [0.25, 0.3) is 0 Å². The fourth-order valence-corrected chi connectivity index (χ4v) is 3.90. The third-order valence-electron chi connectivity index (χ3n) is 5.36. The maximum atomic E-state index is 12.6. The Kier molecular flexibility index (Phi) is 7.30. The largest absolute Gasteiger partial charge is 0.324 e. The van der Waals surface area contributed by atoms with Gasteiger partial charge in [0.2, 0.25) is 0 Å². The van der Waals surface area contributed by atoms with E-state index < -0.39 is 6.03 Å². The van der Waals surface area contributed by atoms with Gasteiger partial charge in [0.25, 0.3) is 0 Å². The van der Waals surface area contributed by atoms with E-state index >= 15 is 0 Å². The van der Waals surface area contributed by atoms with Gasteiger partial charge < -0.3 is 10.2 Å². The molecule has 0 spiro atoms. The van der Waals surface area contributed by atoms with Crippen LogP contribution in [0.5, 0.6) is 0 Å². The zero-order valence-corrected chi connectivity index (χ0v) is 20.2. The third kappa shape index (κ3) is 5.65. The van der Waals surface area contributed by atoms with Crippen LogP contribution in [-0.4, -0.2) is 16.0 Å². The van der Waals surface area contributed by atoms with Crippen molar-refractivity contribution < 1.29 is 4.79 Å². The molecule has 1 aromatic heterocycles. The van der Waals surface area contributed by atoms with Gasteiger partial charge in [-0.3, -0.25) is 5.32 Å². The zero-order valence-electron chi connectivity index (χ0n) is 18.7. The fraction of sp³-hybridized carbons (Fsp3) is 0.115. The van der Waals surface area contributed by atoms with Crippen molar-refractivity contribution in [1.29, 1.82) is 0 Å². The lowest BCUT2D eigenvalue weighted by atomic mass is 10.1. The van der Waals surface area contributed by atoms with Crippen LogP contribution < -0.4 is 15.5 Å². The van der Waals surface area contributed by atoms with Crippen molar-refractivity contribution in [3.8, 4) is 0 Å². The predicted octanol–water partition coefficient (Wildman–Crippen LogP) is 7.38. The number of halogens is 2. The molecule has 0 aliphatic carbocycles. The van der Waals surface area contributed by atoms with Crippen LogP contribution in [0.4, 0.5) is 27.8 Å². The van der Waals surface area contributed by atoms with E-state index in [9.17, 15) is 4.79 Å². The van der Waals surface area contributed by atoms with E-state index in [1.54, 1.807) is 24.3 Å². The Morgan fingerprint density at radius 1 is 0.853 bits per heavy atom. The van der Waals surface area contributed by atoms with Crippen LogP contribution in [0.2, 0.25) is 10.0 Å². The summed E-state index contributed by atoms with van der Waals surface area (Å²) in [6, 6.07) is 22.6. The van der Waals surface area contributed by atoms with Crippen molar-refractivity contribution in [2.24, 2.45) is 0 Å². The zero-order chi connectivity index (χ0) is 24.1. The normalized spacial score (nSPS) is 10.6. The highest BCUT2D eigenvalue weighted by molar-refractivity contribution is 6.39. The molecule has 0 saturated heterocycles. The van der Waals surface area contributed by atoms with Crippen molar-refractivity contribution in [2.45, 2.75) is 20.4 Å². The average molecular weight is 492 g/mol. The molecule has 34 heavy (non-hydrogen) atoms. The Morgan fingerprint density at radius 2 is 1.59 bits per heavy atom. The van der Waals surface area contributed by atoms with Gasteiger partial charge in [-0.2, -0.15) is 0 Å². The van der Waals surface area contributed by atoms with E-state index in [2.05, 4.69) is 69.7 Å². The molecular formula is C26H23Cl2N5O. The molecule has 1 heterocycles. The Bertz CT molecular complexity index is 1290. The van der Waals surface area contributed by atoms with E-state index in [4.69, 9.17) is 23.2 Å². The summed E-state index contributed by atoms with van der Waals surface area (Å²) in [5, 5.41) is 6.09. The summed E-state index contributed by atoms with van der Waals surface area (Å²) in [4.78, 5) is 23.4. The summed E-state index contributed by atoms with van der Waals surface area (Å²) >= 11 is 12.3. The van der Waals surface area contributed by atoms with Gasteiger partial charge in [-0.25, -0.2) is 14.8 Å². The lowest BCUT2D eigenvalue weighted by Crippen LogP contribution is -2.22. The average Bonchev–Trinajstić information content (AvgIpc) is 2.83. The van der Waals surface area contributed by atoms with Crippen LogP contribution in [0, 0.1) is 13.8 Å². The molecule has 0 radical (unpaired) electrons. The first kappa shape index (κ1) is 23.5. The van der Waals surface area contributed by atoms with Gasteiger partial charge in [0.1, 0.15) is 18.0 Å². The molecule has 4 rings (SSSR count). The molecule has 4 aromatic rings. The summed E-state index contributed by atoms with van der Waals surface area (Å²) < 4.78 is 0. The van der Waals surface area contributed by atoms with Crippen molar-refractivity contribution >= 4 is 52.2 Å². The third-order valence-corrected chi connectivity index (χ3v) is 5.99. The number of carbonyl (C=O) groups is 1. The van der Waals surface area contributed by atoms with Gasteiger partial charge >= 0.3 is 6.03 Å². The predicted molar refractivity (Wildman–Crippen MR) is 139 cm³/mol. The lowest BCUT2D eigenvalue weighted by molar-refractivity contribution is 0.262. The molecule has 3 aromatic carbocycles. The minimum Gasteiger partial charge on any atom is -0.322 e. The second-order valence-electron chi connectivity index (χ2n) is 7.78. The first-order valence-electron chi connectivity index (χ1n) is 10.6. The Labute approximate surface area is 208 Å². The molecule has 172 valence electrons. The summed E-state index contributed by atoms with van der Waals surface area (Å²) in [5.74, 6) is 0.987. The Morgan fingerprint density at radius 3 is 2.29 bits per heavy atom. The van der Waals surface area contributed by atoms with Gasteiger partial charge in [0.05, 0.1) is 15.7 Å². The SMILES string of the molecule is Cc1ccc(N(Cc2ccccc2)c2cc(NC(=O)Nc3c(Cl)cccc3Cl)ncn2)cc1C. The molecule has 0 unspecified atom stereocenters. The first-order valence-corrected chi connectivity index (χ1v) is 11.4. The minimum absolute atomic E-state index is 0.332. The fourth-order valence-electron chi connectivity index (χ4n) is 3.41. The highest BCUT2D eigenvalue weighted by atomic mass is 35.5. The van der Waals surface area contributed by atoms with E-state index in [1.165, 1.54) is 17.5 Å². The van der Waals surface area contributed by atoms with Gasteiger partial charge in [-0.1, -0.05) is 65.7 Å². The highest BCUT2D eigenvalue weighted by Crippen LogP contribution is 2.31.